The lowest BCUT2D eigenvalue weighted by molar-refractivity contribution is -0.0411. The van der Waals surface area contributed by atoms with E-state index in [1.165, 1.54) is 0 Å². The number of rotatable bonds is 3. The first kappa shape index (κ1) is 16.0. The Kier molecular flexibility index (Phi) is 3.62. The second-order valence-corrected chi connectivity index (χ2v) is 7.69. The molecule has 3 aromatic heterocycles. The van der Waals surface area contributed by atoms with E-state index in [1.807, 2.05) is 0 Å². The number of anilines is 1. The second kappa shape index (κ2) is 5.89. The number of hydrogen-bond acceptors (Lipinski definition) is 7. The van der Waals surface area contributed by atoms with E-state index >= 15 is 0 Å². The molecule has 0 aromatic carbocycles. The maximum atomic E-state index is 6.05. The fourth-order valence-corrected chi connectivity index (χ4v) is 3.73. The molecule has 26 heavy (non-hydrogen) atoms. The number of fused-ring (bicyclic) bond motifs is 4. The van der Waals surface area contributed by atoms with Crippen LogP contribution in [0.3, 0.4) is 0 Å². The molecule has 0 aliphatic carbocycles. The Bertz CT molecular complexity index is 976. The minimum atomic E-state index is -0.201. The molecule has 2 aliphatic heterocycles. The summed E-state index contributed by atoms with van der Waals surface area (Å²) in [5.74, 6) is 0.693. The highest BCUT2D eigenvalue weighted by atomic mass is 16.5. The van der Waals surface area contributed by atoms with E-state index in [9.17, 15) is 0 Å². The van der Waals surface area contributed by atoms with Gasteiger partial charge in [0.05, 0.1) is 29.4 Å². The van der Waals surface area contributed by atoms with Crippen LogP contribution in [0.25, 0.3) is 22.2 Å². The number of furan rings is 1. The molecule has 0 bridgehead atoms. The second-order valence-electron chi connectivity index (χ2n) is 7.69. The highest BCUT2D eigenvalue weighted by Crippen LogP contribution is 2.34. The van der Waals surface area contributed by atoms with Crippen LogP contribution in [0.2, 0.25) is 0 Å². The molecule has 0 radical (unpaired) electrons. The van der Waals surface area contributed by atoms with Crippen LogP contribution in [0.15, 0.2) is 16.8 Å². The van der Waals surface area contributed by atoms with Gasteiger partial charge in [-0.25, -0.2) is 15.0 Å². The van der Waals surface area contributed by atoms with Crippen molar-refractivity contribution in [2.45, 2.75) is 51.4 Å². The highest BCUT2D eigenvalue weighted by Gasteiger charge is 2.28. The Hall–Kier alpha value is -2.25. The molecule has 1 saturated heterocycles. The summed E-state index contributed by atoms with van der Waals surface area (Å²) in [7, 11) is 0. The average Bonchev–Trinajstić information content (AvgIpc) is 3.25. The standard InChI is InChI=1S/C19H22N4O3/c1-19(2)7-14-11(9-25-19)6-13-15-16(26-18(13)23-14)17(22-10-21-15)20-8-12-4-3-5-24-12/h6,10,12H,3-5,7-9H2,1-2H3,(H,20,21,22)/t12-/m0/s1. The highest BCUT2D eigenvalue weighted by molar-refractivity contribution is 6.04. The molecule has 2 aliphatic rings. The van der Waals surface area contributed by atoms with Gasteiger partial charge in [-0.05, 0) is 32.8 Å². The third kappa shape index (κ3) is 2.71. The van der Waals surface area contributed by atoms with Gasteiger partial charge in [0.15, 0.2) is 11.4 Å². The van der Waals surface area contributed by atoms with Gasteiger partial charge < -0.3 is 19.2 Å². The van der Waals surface area contributed by atoms with Crippen LogP contribution in [0.4, 0.5) is 5.82 Å². The molecular formula is C19H22N4O3. The Morgan fingerprint density at radius 3 is 3.08 bits per heavy atom. The summed E-state index contributed by atoms with van der Waals surface area (Å²) in [6, 6.07) is 2.09. The fraction of sp³-hybridized carbons (Fsp3) is 0.526. The SMILES string of the molecule is CC1(C)Cc2nc3oc4c(NC[C@@H]5CCCO5)ncnc4c3cc2CO1. The monoisotopic (exact) mass is 354 g/mol. The van der Waals surface area contributed by atoms with Crippen LogP contribution in [0.5, 0.6) is 0 Å². The van der Waals surface area contributed by atoms with Crippen molar-refractivity contribution in [3.8, 4) is 0 Å². The van der Waals surface area contributed by atoms with Crippen molar-refractivity contribution in [2.75, 3.05) is 18.5 Å². The molecule has 1 atom stereocenters. The van der Waals surface area contributed by atoms with Gasteiger partial charge in [-0.15, -0.1) is 0 Å². The first-order valence-corrected chi connectivity index (χ1v) is 9.14. The largest absolute Gasteiger partial charge is 0.432 e. The van der Waals surface area contributed by atoms with E-state index in [0.717, 1.165) is 54.6 Å². The lowest BCUT2D eigenvalue weighted by Crippen LogP contribution is -2.32. The van der Waals surface area contributed by atoms with Crippen molar-refractivity contribution < 1.29 is 13.9 Å². The van der Waals surface area contributed by atoms with Gasteiger partial charge in [0, 0.05) is 25.1 Å². The molecule has 136 valence electrons. The average molecular weight is 354 g/mol. The van der Waals surface area contributed by atoms with Gasteiger partial charge >= 0.3 is 0 Å². The van der Waals surface area contributed by atoms with E-state index in [-0.39, 0.29) is 11.7 Å². The van der Waals surface area contributed by atoms with E-state index in [1.54, 1.807) is 6.33 Å². The van der Waals surface area contributed by atoms with Gasteiger partial charge in [0.1, 0.15) is 11.8 Å². The summed E-state index contributed by atoms with van der Waals surface area (Å²) in [5, 5.41) is 4.26. The minimum Gasteiger partial charge on any atom is -0.432 e. The van der Waals surface area contributed by atoms with Crippen LogP contribution in [-0.4, -0.2) is 39.8 Å². The maximum absolute atomic E-state index is 6.05. The predicted molar refractivity (Wildman–Crippen MR) is 97.1 cm³/mol. The van der Waals surface area contributed by atoms with Gasteiger partial charge in [0.2, 0.25) is 5.71 Å². The number of nitrogens with zero attached hydrogens (tertiary/aromatic N) is 3. The summed E-state index contributed by atoms with van der Waals surface area (Å²) in [6.07, 6.45) is 4.75. The molecule has 0 spiro atoms. The fourth-order valence-electron chi connectivity index (χ4n) is 3.73. The van der Waals surface area contributed by atoms with Crippen molar-refractivity contribution in [3.63, 3.8) is 0 Å². The minimum absolute atomic E-state index is 0.201. The van der Waals surface area contributed by atoms with Crippen LogP contribution in [-0.2, 0) is 22.5 Å². The smallest absolute Gasteiger partial charge is 0.229 e. The van der Waals surface area contributed by atoms with E-state index in [2.05, 4.69) is 35.2 Å². The Morgan fingerprint density at radius 1 is 1.31 bits per heavy atom. The lowest BCUT2D eigenvalue weighted by atomic mass is 9.95. The van der Waals surface area contributed by atoms with Crippen molar-refractivity contribution >= 4 is 28.0 Å². The zero-order chi connectivity index (χ0) is 17.7. The molecule has 0 saturated carbocycles. The summed E-state index contributed by atoms with van der Waals surface area (Å²) >= 11 is 0. The van der Waals surface area contributed by atoms with E-state index in [0.29, 0.717) is 23.7 Å². The van der Waals surface area contributed by atoms with Crippen LogP contribution < -0.4 is 5.32 Å². The zero-order valence-electron chi connectivity index (χ0n) is 15.0. The maximum Gasteiger partial charge on any atom is 0.229 e. The molecule has 7 nitrogen and oxygen atoms in total. The van der Waals surface area contributed by atoms with Crippen LogP contribution >= 0.6 is 0 Å². The third-order valence-electron chi connectivity index (χ3n) is 5.15. The zero-order valence-corrected chi connectivity index (χ0v) is 15.0. The Labute approximate surface area is 151 Å². The van der Waals surface area contributed by atoms with Gasteiger partial charge in [-0.1, -0.05) is 0 Å². The van der Waals surface area contributed by atoms with Crippen LogP contribution in [0, 0.1) is 0 Å². The summed E-state index contributed by atoms with van der Waals surface area (Å²) in [5.41, 5.74) is 3.98. The van der Waals surface area contributed by atoms with Gasteiger partial charge in [0.25, 0.3) is 0 Å². The molecule has 0 amide bonds. The first-order valence-electron chi connectivity index (χ1n) is 9.14. The number of ether oxygens (including phenoxy) is 2. The number of nitrogens with one attached hydrogen (secondary N) is 1. The van der Waals surface area contributed by atoms with Crippen molar-refractivity contribution in [3.05, 3.63) is 23.7 Å². The van der Waals surface area contributed by atoms with Gasteiger partial charge in [-0.3, -0.25) is 0 Å². The topological polar surface area (TPSA) is 82.3 Å². The number of pyridine rings is 1. The Morgan fingerprint density at radius 2 is 2.23 bits per heavy atom. The molecule has 7 heteroatoms. The van der Waals surface area contributed by atoms with Crippen molar-refractivity contribution in [1.29, 1.82) is 0 Å². The molecule has 0 unspecified atom stereocenters. The lowest BCUT2D eigenvalue weighted by Gasteiger charge is -2.30. The summed E-state index contributed by atoms with van der Waals surface area (Å²) in [6.45, 7) is 6.28. The normalized spacial score (nSPS) is 22.0. The quantitative estimate of drug-likeness (QED) is 0.773. The summed E-state index contributed by atoms with van der Waals surface area (Å²) in [4.78, 5) is 13.6. The molecule has 1 fully saturated rings. The predicted octanol–water partition coefficient (Wildman–Crippen LogP) is 3.21. The molecule has 3 aromatic rings. The van der Waals surface area contributed by atoms with Gasteiger partial charge in [-0.2, -0.15) is 0 Å². The first-order chi connectivity index (χ1) is 12.6. The number of hydrogen-bond donors (Lipinski definition) is 1. The van der Waals surface area contributed by atoms with Crippen LogP contribution in [0.1, 0.15) is 37.9 Å². The molecular weight excluding hydrogens is 332 g/mol. The van der Waals surface area contributed by atoms with E-state index < -0.39 is 0 Å². The summed E-state index contributed by atoms with van der Waals surface area (Å²) < 4.78 is 17.6. The van der Waals surface area contributed by atoms with E-state index in [4.69, 9.17) is 18.9 Å². The third-order valence-corrected chi connectivity index (χ3v) is 5.15. The van der Waals surface area contributed by atoms with Crippen molar-refractivity contribution in [1.82, 2.24) is 15.0 Å². The Balaban J connectivity index is 1.54. The molecule has 5 heterocycles. The number of aromatic nitrogens is 3. The molecule has 1 N–H and O–H groups in total. The van der Waals surface area contributed by atoms with Crippen molar-refractivity contribution in [2.24, 2.45) is 0 Å². The molecule has 5 rings (SSSR count).